The second-order valence-electron chi connectivity index (χ2n) is 6.32. The fourth-order valence-corrected chi connectivity index (χ4v) is 3.16. The van der Waals surface area contributed by atoms with Crippen molar-refractivity contribution in [3.05, 3.63) is 35.4 Å². The van der Waals surface area contributed by atoms with E-state index in [4.69, 9.17) is 0 Å². The lowest BCUT2D eigenvalue weighted by molar-refractivity contribution is -0.145. The molecule has 2 N–H and O–H groups in total. The molecule has 122 valence electrons. The third-order valence-electron chi connectivity index (χ3n) is 4.56. The summed E-state index contributed by atoms with van der Waals surface area (Å²) in [6.07, 6.45) is 2.38. The summed E-state index contributed by atoms with van der Waals surface area (Å²) in [5.74, 6) is -1.82. The van der Waals surface area contributed by atoms with E-state index in [0.29, 0.717) is 36.8 Å². The van der Waals surface area contributed by atoms with Gasteiger partial charge in [0, 0.05) is 0 Å². The van der Waals surface area contributed by atoms with Crippen molar-refractivity contribution in [2.24, 2.45) is 0 Å². The lowest BCUT2D eigenvalue weighted by atomic mass is 9.68. The maximum Gasteiger partial charge on any atom is 0.313 e. The van der Waals surface area contributed by atoms with Crippen LogP contribution in [0.1, 0.15) is 64.5 Å². The van der Waals surface area contributed by atoms with Crippen LogP contribution in [0.5, 0.6) is 0 Å². The maximum absolute atomic E-state index is 11.9. The summed E-state index contributed by atoms with van der Waals surface area (Å²) in [5, 5.41) is 19.5. The van der Waals surface area contributed by atoms with Crippen LogP contribution >= 0.6 is 0 Å². The van der Waals surface area contributed by atoms with E-state index in [0.717, 1.165) is 0 Å². The van der Waals surface area contributed by atoms with E-state index in [1.165, 1.54) is 0 Å². The van der Waals surface area contributed by atoms with Gasteiger partial charge in [0.1, 0.15) is 0 Å². The number of hydrogen-bond donors (Lipinski definition) is 2. The summed E-state index contributed by atoms with van der Waals surface area (Å²) in [7, 11) is 0. The van der Waals surface area contributed by atoms with Crippen molar-refractivity contribution in [2.75, 3.05) is 0 Å². The highest BCUT2D eigenvalue weighted by Gasteiger charge is 2.43. The van der Waals surface area contributed by atoms with E-state index in [1.807, 2.05) is 13.8 Å². The fraction of sp³-hybridized carbons (Fsp3) is 0.556. The first kappa shape index (κ1) is 18.2. The number of carboxylic acid groups (broad SMARTS) is 2. The summed E-state index contributed by atoms with van der Waals surface area (Å²) in [6.45, 7) is 7.25. The van der Waals surface area contributed by atoms with Crippen molar-refractivity contribution in [2.45, 2.75) is 64.2 Å². The van der Waals surface area contributed by atoms with Gasteiger partial charge in [-0.3, -0.25) is 9.59 Å². The van der Waals surface area contributed by atoms with Crippen LogP contribution in [-0.4, -0.2) is 22.2 Å². The molecular formula is C18H26O4. The minimum Gasteiger partial charge on any atom is -0.481 e. The minimum absolute atomic E-state index is 0.473. The Morgan fingerprint density at radius 2 is 1.18 bits per heavy atom. The molecule has 0 heterocycles. The number of hydrogen-bond acceptors (Lipinski definition) is 2. The molecular weight excluding hydrogens is 280 g/mol. The molecule has 1 aromatic carbocycles. The van der Waals surface area contributed by atoms with Crippen molar-refractivity contribution >= 4 is 11.9 Å². The molecule has 22 heavy (non-hydrogen) atoms. The third kappa shape index (κ3) is 3.16. The van der Waals surface area contributed by atoms with Gasteiger partial charge in [0.25, 0.3) is 0 Å². The lowest BCUT2D eigenvalue weighted by Crippen LogP contribution is -2.39. The molecule has 0 saturated carbocycles. The van der Waals surface area contributed by atoms with Crippen LogP contribution in [0.2, 0.25) is 0 Å². The Kier molecular flexibility index (Phi) is 5.75. The van der Waals surface area contributed by atoms with E-state index in [1.54, 1.807) is 38.1 Å². The molecule has 0 aromatic heterocycles. The number of carbonyl (C=O) groups is 2. The predicted molar refractivity (Wildman–Crippen MR) is 86.2 cm³/mol. The Hall–Kier alpha value is -1.84. The average molecular weight is 306 g/mol. The molecule has 0 aliphatic heterocycles. The molecule has 4 heteroatoms. The lowest BCUT2D eigenvalue weighted by Gasteiger charge is -2.33. The number of rotatable bonds is 8. The molecule has 2 unspecified atom stereocenters. The molecule has 4 nitrogen and oxygen atoms in total. The van der Waals surface area contributed by atoms with E-state index in [-0.39, 0.29) is 0 Å². The van der Waals surface area contributed by atoms with Gasteiger partial charge in [-0.25, -0.2) is 0 Å². The minimum atomic E-state index is -1.07. The molecule has 0 radical (unpaired) electrons. The van der Waals surface area contributed by atoms with Gasteiger partial charge in [-0.2, -0.15) is 0 Å². The van der Waals surface area contributed by atoms with Gasteiger partial charge in [0.05, 0.1) is 10.8 Å². The Morgan fingerprint density at radius 3 is 1.41 bits per heavy atom. The van der Waals surface area contributed by atoms with Crippen LogP contribution < -0.4 is 0 Å². The number of aliphatic carboxylic acids is 2. The highest BCUT2D eigenvalue weighted by molar-refractivity contribution is 5.85. The first-order valence-electron chi connectivity index (χ1n) is 7.80. The second kappa shape index (κ2) is 6.95. The molecule has 0 fully saturated rings. The predicted octanol–water partition coefficient (Wildman–Crippen LogP) is 3.97. The summed E-state index contributed by atoms with van der Waals surface area (Å²) in [4.78, 5) is 23.7. The van der Waals surface area contributed by atoms with E-state index in [9.17, 15) is 19.8 Å². The highest BCUT2D eigenvalue weighted by atomic mass is 16.4. The largest absolute Gasteiger partial charge is 0.481 e. The summed E-state index contributed by atoms with van der Waals surface area (Å²) >= 11 is 0. The van der Waals surface area contributed by atoms with Crippen LogP contribution in [0.15, 0.2) is 24.3 Å². The molecule has 0 spiro atoms. The van der Waals surface area contributed by atoms with Crippen LogP contribution in [0.4, 0.5) is 0 Å². The monoisotopic (exact) mass is 306 g/mol. The van der Waals surface area contributed by atoms with Crippen LogP contribution in [0.3, 0.4) is 0 Å². The van der Waals surface area contributed by atoms with Gasteiger partial charge >= 0.3 is 11.9 Å². The Morgan fingerprint density at radius 1 is 0.864 bits per heavy atom. The average Bonchev–Trinajstić information content (AvgIpc) is 2.47. The van der Waals surface area contributed by atoms with Crippen molar-refractivity contribution in [1.29, 1.82) is 0 Å². The molecule has 0 bridgehead atoms. The highest BCUT2D eigenvalue weighted by Crippen LogP contribution is 2.39. The van der Waals surface area contributed by atoms with E-state index in [2.05, 4.69) is 0 Å². The van der Waals surface area contributed by atoms with Crippen LogP contribution in [0, 0.1) is 0 Å². The maximum atomic E-state index is 11.9. The van der Waals surface area contributed by atoms with Crippen LogP contribution in [-0.2, 0) is 20.4 Å². The number of benzene rings is 1. The standard InChI is InChI=1S/C18H26O4/c1-5-11-17(3,15(19)20)13-9-7-8-10-14(13)18(4,12-6-2)16(21)22/h7-10H,5-6,11-12H2,1-4H3,(H,19,20)(H,21,22). The molecule has 0 saturated heterocycles. The van der Waals surface area contributed by atoms with E-state index < -0.39 is 22.8 Å². The number of carboxylic acids is 2. The van der Waals surface area contributed by atoms with Crippen molar-refractivity contribution in [3.63, 3.8) is 0 Å². The molecule has 2 atom stereocenters. The molecule has 1 aromatic rings. The van der Waals surface area contributed by atoms with Gasteiger partial charge in [-0.1, -0.05) is 51.0 Å². The Labute approximate surface area is 132 Å². The SMILES string of the molecule is CCCC(C)(C(=O)O)c1ccccc1C(C)(CCC)C(=O)O. The van der Waals surface area contributed by atoms with Crippen LogP contribution in [0.25, 0.3) is 0 Å². The molecule has 0 amide bonds. The Balaban J connectivity index is 3.59. The van der Waals surface area contributed by atoms with Crippen molar-refractivity contribution < 1.29 is 19.8 Å². The van der Waals surface area contributed by atoms with Gasteiger partial charge in [0.2, 0.25) is 0 Å². The van der Waals surface area contributed by atoms with Gasteiger partial charge in [-0.05, 0) is 37.8 Å². The molecule has 1 rings (SSSR count). The third-order valence-corrected chi connectivity index (χ3v) is 4.56. The van der Waals surface area contributed by atoms with Gasteiger partial charge in [0.15, 0.2) is 0 Å². The zero-order chi connectivity index (χ0) is 17.0. The molecule has 0 aliphatic carbocycles. The van der Waals surface area contributed by atoms with Crippen molar-refractivity contribution in [1.82, 2.24) is 0 Å². The van der Waals surface area contributed by atoms with Gasteiger partial charge in [-0.15, -0.1) is 0 Å². The first-order valence-corrected chi connectivity index (χ1v) is 7.80. The fourth-order valence-electron chi connectivity index (χ4n) is 3.16. The topological polar surface area (TPSA) is 74.6 Å². The summed E-state index contributed by atoms with van der Waals surface area (Å²) in [5.41, 5.74) is -0.920. The smallest absolute Gasteiger partial charge is 0.313 e. The Bertz CT molecular complexity index is 503. The van der Waals surface area contributed by atoms with Gasteiger partial charge < -0.3 is 10.2 Å². The quantitative estimate of drug-likeness (QED) is 0.762. The van der Waals surface area contributed by atoms with Crippen molar-refractivity contribution in [3.8, 4) is 0 Å². The van der Waals surface area contributed by atoms with E-state index >= 15 is 0 Å². The zero-order valence-electron chi connectivity index (χ0n) is 13.8. The summed E-state index contributed by atoms with van der Waals surface area (Å²) in [6, 6.07) is 7.08. The second-order valence-corrected chi connectivity index (χ2v) is 6.32. The normalized spacial score (nSPS) is 16.5. The summed E-state index contributed by atoms with van der Waals surface area (Å²) < 4.78 is 0. The molecule has 0 aliphatic rings. The zero-order valence-corrected chi connectivity index (χ0v) is 13.8. The first-order chi connectivity index (χ1) is 10.2.